The van der Waals surface area contributed by atoms with Gasteiger partial charge in [-0.3, -0.25) is 4.79 Å². The van der Waals surface area contributed by atoms with Crippen LogP contribution in [0.3, 0.4) is 0 Å². The van der Waals surface area contributed by atoms with E-state index in [0.29, 0.717) is 25.3 Å². The number of rotatable bonds is 19. The van der Waals surface area contributed by atoms with Crippen molar-refractivity contribution in [3.8, 4) is 11.5 Å². The Hall–Kier alpha value is -2.56. The fourth-order valence-corrected chi connectivity index (χ4v) is 4.28. The fraction of sp³-hybridized carbons (Fsp3) is 0.600. The summed E-state index contributed by atoms with van der Waals surface area (Å²) in [4.78, 5) is 12.5. The minimum atomic E-state index is -0.00186. The molecule has 5 nitrogen and oxygen atoms in total. The molecule has 0 aliphatic heterocycles. The van der Waals surface area contributed by atoms with Gasteiger partial charge in [0.05, 0.1) is 20.1 Å². The molecule has 0 bridgehead atoms. The number of amides is 1. The molecule has 0 spiro atoms. The van der Waals surface area contributed by atoms with Gasteiger partial charge in [-0.15, -0.1) is 0 Å². The van der Waals surface area contributed by atoms with Crippen LogP contribution >= 0.6 is 0 Å². The predicted octanol–water partition coefficient (Wildman–Crippen LogP) is 6.55. The van der Waals surface area contributed by atoms with Crippen LogP contribution in [0.1, 0.15) is 95.7 Å². The van der Waals surface area contributed by atoms with Gasteiger partial charge in [0.2, 0.25) is 11.6 Å². The minimum absolute atomic E-state index is 0.00186. The van der Waals surface area contributed by atoms with E-state index in [2.05, 4.69) is 36.0 Å². The molecule has 1 aromatic carbocycles. The monoisotopic (exact) mass is 483 g/mol. The van der Waals surface area contributed by atoms with Crippen LogP contribution in [0.15, 0.2) is 42.6 Å². The van der Waals surface area contributed by atoms with E-state index in [1.165, 1.54) is 57.8 Å². The first kappa shape index (κ1) is 28.7. The average molecular weight is 484 g/mol. The third kappa shape index (κ3) is 11.6. The van der Waals surface area contributed by atoms with Crippen LogP contribution < -0.4 is 19.4 Å². The Bertz CT molecular complexity index is 853. The molecule has 194 valence electrons. The maximum absolute atomic E-state index is 12.5. The molecule has 0 unspecified atom stereocenters. The first-order valence-corrected chi connectivity index (χ1v) is 13.7. The van der Waals surface area contributed by atoms with Gasteiger partial charge >= 0.3 is 0 Å². The second-order valence-electron chi connectivity index (χ2n) is 9.35. The van der Waals surface area contributed by atoms with Crippen molar-refractivity contribution in [1.82, 2.24) is 5.32 Å². The van der Waals surface area contributed by atoms with Gasteiger partial charge in [-0.25, -0.2) is 4.57 Å². The summed E-state index contributed by atoms with van der Waals surface area (Å²) in [5.74, 6) is 1.43. The third-order valence-electron chi connectivity index (χ3n) is 6.31. The fourth-order valence-electron chi connectivity index (χ4n) is 4.28. The zero-order chi connectivity index (χ0) is 25.1. The number of aromatic nitrogens is 1. The summed E-state index contributed by atoms with van der Waals surface area (Å²) >= 11 is 0. The molecule has 1 N–H and O–H groups in total. The number of benzene rings is 1. The summed E-state index contributed by atoms with van der Waals surface area (Å²) in [6.45, 7) is 6.59. The van der Waals surface area contributed by atoms with Crippen molar-refractivity contribution < 1.29 is 18.8 Å². The second-order valence-corrected chi connectivity index (χ2v) is 9.35. The number of hydrogen-bond donors (Lipinski definition) is 1. The highest BCUT2D eigenvalue weighted by atomic mass is 16.5. The quantitative estimate of drug-likeness (QED) is 0.182. The van der Waals surface area contributed by atoms with E-state index in [4.69, 9.17) is 9.47 Å². The summed E-state index contributed by atoms with van der Waals surface area (Å²) in [6.07, 6.45) is 16.5. The van der Waals surface area contributed by atoms with Gasteiger partial charge in [-0.2, -0.15) is 0 Å². The third-order valence-corrected chi connectivity index (χ3v) is 6.31. The Kier molecular flexibility index (Phi) is 14.6. The predicted molar refractivity (Wildman–Crippen MR) is 143 cm³/mol. The average Bonchev–Trinajstić information content (AvgIpc) is 2.87. The summed E-state index contributed by atoms with van der Waals surface area (Å²) in [5.41, 5.74) is 2.02. The summed E-state index contributed by atoms with van der Waals surface area (Å²) in [7, 11) is 1.65. The molecular weight excluding hydrogens is 436 g/mol. The van der Waals surface area contributed by atoms with Crippen LogP contribution in [0, 0.1) is 0 Å². The number of nitrogens with zero attached hydrogens (tertiary/aromatic N) is 1. The van der Waals surface area contributed by atoms with Crippen molar-refractivity contribution in [3.63, 3.8) is 0 Å². The molecule has 0 atom stereocenters. The highest BCUT2D eigenvalue weighted by Gasteiger charge is 2.12. The SMILES string of the molecule is CCCCCCCCCCCCOc1ccc(CC(=O)NCc2cccc[n+]2CCC)cc1OC. The molecule has 0 fully saturated rings. The molecule has 2 rings (SSSR count). The molecule has 0 aliphatic carbocycles. The molecule has 0 aliphatic rings. The Balaban J connectivity index is 1.69. The number of aryl methyl sites for hydroxylation is 1. The number of methoxy groups -OCH3 is 1. The van der Waals surface area contributed by atoms with Gasteiger partial charge in [0.1, 0.15) is 13.1 Å². The van der Waals surface area contributed by atoms with Crippen LogP contribution in [0.25, 0.3) is 0 Å². The van der Waals surface area contributed by atoms with Gasteiger partial charge in [0.15, 0.2) is 17.7 Å². The maximum atomic E-state index is 12.5. The Morgan fingerprint density at radius 2 is 1.57 bits per heavy atom. The Morgan fingerprint density at radius 1 is 0.857 bits per heavy atom. The zero-order valence-corrected chi connectivity index (χ0v) is 22.3. The van der Waals surface area contributed by atoms with E-state index >= 15 is 0 Å². The number of carbonyl (C=O) groups excluding carboxylic acids is 1. The van der Waals surface area contributed by atoms with Crippen LogP contribution in [0.5, 0.6) is 11.5 Å². The molecule has 0 radical (unpaired) electrons. The van der Waals surface area contributed by atoms with Gasteiger partial charge in [-0.05, 0) is 24.1 Å². The first-order valence-electron chi connectivity index (χ1n) is 13.7. The van der Waals surface area contributed by atoms with E-state index in [9.17, 15) is 4.79 Å². The summed E-state index contributed by atoms with van der Waals surface area (Å²) < 4.78 is 13.7. The normalized spacial score (nSPS) is 10.8. The molecular formula is C30H47N2O3+. The Morgan fingerprint density at radius 3 is 2.26 bits per heavy atom. The van der Waals surface area contributed by atoms with Crippen molar-refractivity contribution in [2.75, 3.05) is 13.7 Å². The van der Waals surface area contributed by atoms with Crippen molar-refractivity contribution >= 4 is 5.91 Å². The molecule has 5 heteroatoms. The smallest absolute Gasteiger partial charge is 0.224 e. The van der Waals surface area contributed by atoms with Crippen molar-refractivity contribution in [2.45, 2.75) is 104 Å². The van der Waals surface area contributed by atoms with E-state index in [1.54, 1.807) is 7.11 Å². The lowest BCUT2D eigenvalue weighted by molar-refractivity contribution is -0.704. The van der Waals surface area contributed by atoms with Crippen molar-refractivity contribution in [3.05, 3.63) is 53.9 Å². The number of unbranched alkanes of at least 4 members (excludes halogenated alkanes) is 9. The van der Waals surface area contributed by atoms with E-state index in [1.807, 2.05) is 30.3 Å². The van der Waals surface area contributed by atoms with Crippen LogP contribution in [0.2, 0.25) is 0 Å². The number of hydrogen-bond acceptors (Lipinski definition) is 3. The molecule has 35 heavy (non-hydrogen) atoms. The Labute approximate surface area is 213 Å². The van der Waals surface area contributed by atoms with Crippen molar-refractivity contribution in [1.29, 1.82) is 0 Å². The molecule has 1 heterocycles. The molecule has 2 aromatic rings. The lowest BCUT2D eigenvalue weighted by Crippen LogP contribution is -2.40. The van der Waals surface area contributed by atoms with Crippen molar-refractivity contribution in [2.24, 2.45) is 0 Å². The maximum Gasteiger partial charge on any atom is 0.224 e. The largest absolute Gasteiger partial charge is 0.493 e. The van der Waals surface area contributed by atoms with E-state index in [-0.39, 0.29) is 5.91 Å². The topological polar surface area (TPSA) is 51.4 Å². The lowest BCUT2D eigenvalue weighted by atomic mass is 10.1. The van der Waals surface area contributed by atoms with Crippen LogP contribution in [-0.2, 0) is 24.3 Å². The molecule has 0 saturated carbocycles. The number of pyridine rings is 1. The van der Waals surface area contributed by atoms with Gasteiger partial charge in [0.25, 0.3) is 0 Å². The highest BCUT2D eigenvalue weighted by molar-refractivity contribution is 5.78. The number of ether oxygens (including phenoxy) is 2. The second kappa shape index (κ2) is 17.8. The lowest BCUT2D eigenvalue weighted by Gasteiger charge is -2.12. The first-order chi connectivity index (χ1) is 17.2. The summed E-state index contributed by atoms with van der Waals surface area (Å²) in [6, 6.07) is 11.9. The van der Waals surface area contributed by atoms with E-state index in [0.717, 1.165) is 36.4 Å². The van der Waals surface area contributed by atoms with Gasteiger partial charge in [0, 0.05) is 18.6 Å². The molecule has 0 saturated heterocycles. The molecule has 1 amide bonds. The number of carbonyl (C=O) groups is 1. The van der Waals surface area contributed by atoms with Gasteiger partial charge < -0.3 is 14.8 Å². The number of nitrogens with one attached hydrogen (secondary N) is 1. The summed E-state index contributed by atoms with van der Waals surface area (Å²) in [5, 5.41) is 3.04. The standard InChI is InChI=1S/C30H46N2O3/c1-4-6-7-8-9-10-11-12-13-16-22-35-28-19-18-26(23-29(28)34-3)24-30(33)31-25-27-17-14-15-21-32(27)20-5-2/h14-15,17-19,21,23H,4-13,16,20,22,24-25H2,1-3H3/p+1. The highest BCUT2D eigenvalue weighted by Crippen LogP contribution is 2.28. The van der Waals surface area contributed by atoms with E-state index < -0.39 is 0 Å². The van der Waals surface area contributed by atoms with Crippen LogP contribution in [-0.4, -0.2) is 19.6 Å². The minimum Gasteiger partial charge on any atom is -0.493 e. The van der Waals surface area contributed by atoms with Crippen LogP contribution in [0.4, 0.5) is 0 Å². The van der Waals surface area contributed by atoms with Gasteiger partial charge in [-0.1, -0.05) is 83.8 Å². The zero-order valence-electron chi connectivity index (χ0n) is 22.3. The molecule has 1 aromatic heterocycles.